The fourth-order valence-electron chi connectivity index (χ4n) is 2.85. The molecule has 8 nitrogen and oxygen atoms in total. The molecule has 0 bridgehead atoms. The molecule has 3 rings (SSSR count). The Labute approximate surface area is 164 Å². The molecule has 1 fully saturated rings. The van der Waals surface area contributed by atoms with E-state index in [-0.39, 0.29) is 10.6 Å². The lowest BCUT2D eigenvalue weighted by Gasteiger charge is -2.18. The second-order valence-electron chi connectivity index (χ2n) is 6.43. The van der Waals surface area contributed by atoms with E-state index in [0.29, 0.717) is 24.3 Å². The molecule has 1 heterocycles. The summed E-state index contributed by atoms with van der Waals surface area (Å²) >= 11 is 0. The van der Waals surface area contributed by atoms with E-state index >= 15 is 0 Å². The Morgan fingerprint density at radius 1 is 1.07 bits per heavy atom. The maximum Gasteiger partial charge on any atom is 0.242 e. The van der Waals surface area contributed by atoms with Gasteiger partial charge >= 0.3 is 0 Å². The van der Waals surface area contributed by atoms with Crippen LogP contribution in [0, 0.1) is 0 Å². The van der Waals surface area contributed by atoms with Crippen LogP contribution in [0.15, 0.2) is 59.5 Å². The molecule has 1 amide bonds. The van der Waals surface area contributed by atoms with Gasteiger partial charge in [-0.05, 0) is 49.7 Å². The monoisotopic (exact) mass is 423 g/mol. The number of benzene rings is 2. The molecule has 0 aliphatic carbocycles. The molecule has 1 aliphatic rings. The summed E-state index contributed by atoms with van der Waals surface area (Å²) in [5, 5.41) is 2.62. The zero-order valence-electron chi connectivity index (χ0n) is 15.2. The lowest BCUT2D eigenvalue weighted by molar-refractivity contribution is -0.117. The van der Waals surface area contributed by atoms with E-state index in [2.05, 4.69) is 10.0 Å². The van der Waals surface area contributed by atoms with Gasteiger partial charge in [-0.15, -0.1) is 0 Å². The molecular weight excluding hydrogens is 402 g/mol. The first-order valence-corrected chi connectivity index (χ1v) is 11.8. The molecule has 0 aromatic heterocycles. The van der Waals surface area contributed by atoms with Crippen molar-refractivity contribution in [1.82, 2.24) is 4.72 Å². The molecule has 150 valence electrons. The Morgan fingerprint density at radius 2 is 1.71 bits per heavy atom. The number of nitrogens with zero attached hydrogens (tertiary/aromatic N) is 1. The lowest BCUT2D eigenvalue weighted by atomic mass is 10.2. The number of carbonyl (C=O) groups excluding carboxylic acids is 1. The van der Waals surface area contributed by atoms with Gasteiger partial charge < -0.3 is 5.32 Å². The molecule has 0 spiro atoms. The molecule has 2 aromatic carbocycles. The van der Waals surface area contributed by atoms with Crippen molar-refractivity contribution in [3.05, 3.63) is 54.6 Å². The summed E-state index contributed by atoms with van der Waals surface area (Å²) in [7, 11) is -7.08. The summed E-state index contributed by atoms with van der Waals surface area (Å²) in [6.45, 7) is 1.88. The Balaban J connectivity index is 1.64. The molecule has 10 heteroatoms. The average Bonchev–Trinajstić information content (AvgIpc) is 3.02. The van der Waals surface area contributed by atoms with Gasteiger partial charge in [0.1, 0.15) is 0 Å². The van der Waals surface area contributed by atoms with E-state index in [1.807, 2.05) is 0 Å². The second-order valence-corrected chi connectivity index (χ2v) is 10.2. The second kappa shape index (κ2) is 7.90. The first-order chi connectivity index (χ1) is 13.2. The average molecular weight is 424 g/mol. The molecule has 0 radical (unpaired) electrons. The third-order valence-electron chi connectivity index (χ3n) is 4.30. The van der Waals surface area contributed by atoms with Crippen molar-refractivity contribution < 1.29 is 21.6 Å². The van der Waals surface area contributed by atoms with Gasteiger partial charge in [0, 0.05) is 12.2 Å². The lowest BCUT2D eigenvalue weighted by Crippen LogP contribution is -2.41. The first-order valence-electron chi connectivity index (χ1n) is 8.68. The van der Waals surface area contributed by atoms with Gasteiger partial charge in [-0.3, -0.25) is 9.10 Å². The number of hydrogen-bond donors (Lipinski definition) is 2. The summed E-state index contributed by atoms with van der Waals surface area (Å²) in [5.74, 6) is -0.397. The number of amides is 1. The third kappa shape index (κ3) is 4.51. The molecular formula is C18H21N3O5S2. The molecule has 1 atom stereocenters. The van der Waals surface area contributed by atoms with E-state index in [9.17, 15) is 21.6 Å². The summed E-state index contributed by atoms with van der Waals surface area (Å²) < 4.78 is 52.2. The number of nitrogens with one attached hydrogen (secondary N) is 2. The summed E-state index contributed by atoms with van der Waals surface area (Å²) in [6.07, 6.45) is 0.583. The van der Waals surface area contributed by atoms with E-state index in [4.69, 9.17) is 0 Å². The topological polar surface area (TPSA) is 113 Å². The highest BCUT2D eigenvalue weighted by atomic mass is 32.2. The quantitative estimate of drug-likeness (QED) is 0.732. The molecule has 1 saturated heterocycles. The summed E-state index contributed by atoms with van der Waals surface area (Å²) in [4.78, 5) is 12.4. The van der Waals surface area contributed by atoms with E-state index < -0.39 is 32.0 Å². The van der Waals surface area contributed by atoms with Gasteiger partial charge in [0.25, 0.3) is 0 Å². The van der Waals surface area contributed by atoms with Crippen molar-refractivity contribution in [1.29, 1.82) is 0 Å². The van der Waals surface area contributed by atoms with Crippen LogP contribution in [-0.4, -0.2) is 41.1 Å². The SMILES string of the molecule is C[C@H](NS(=O)(=O)c1ccccc1)C(=O)Nc1ccc(N2CCCS2(=O)=O)cc1. The van der Waals surface area contributed by atoms with E-state index in [1.165, 1.54) is 23.4 Å². The zero-order valence-corrected chi connectivity index (χ0v) is 16.8. The number of sulfonamides is 2. The van der Waals surface area contributed by atoms with Crippen molar-refractivity contribution in [2.75, 3.05) is 21.9 Å². The van der Waals surface area contributed by atoms with Crippen LogP contribution in [0.4, 0.5) is 11.4 Å². The van der Waals surface area contributed by atoms with Gasteiger partial charge in [0.2, 0.25) is 26.0 Å². The van der Waals surface area contributed by atoms with Crippen molar-refractivity contribution in [3.63, 3.8) is 0 Å². The fourth-order valence-corrected chi connectivity index (χ4v) is 5.63. The Morgan fingerprint density at radius 3 is 2.29 bits per heavy atom. The molecule has 0 saturated carbocycles. The highest BCUT2D eigenvalue weighted by Crippen LogP contribution is 2.25. The molecule has 2 N–H and O–H groups in total. The smallest absolute Gasteiger partial charge is 0.242 e. The van der Waals surface area contributed by atoms with Crippen LogP contribution >= 0.6 is 0 Å². The molecule has 2 aromatic rings. The van der Waals surface area contributed by atoms with Crippen molar-refractivity contribution >= 4 is 37.3 Å². The fraction of sp³-hybridized carbons (Fsp3) is 0.278. The minimum absolute atomic E-state index is 0.0748. The highest BCUT2D eigenvalue weighted by Gasteiger charge is 2.28. The Bertz CT molecular complexity index is 1050. The van der Waals surface area contributed by atoms with Crippen molar-refractivity contribution in [2.45, 2.75) is 24.3 Å². The minimum atomic E-state index is -3.81. The van der Waals surface area contributed by atoms with Crippen LogP contribution in [0.25, 0.3) is 0 Å². The van der Waals surface area contributed by atoms with Crippen LogP contribution in [-0.2, 0) is 24.8 Å². The largest absolute Gasteiger partial charge is 0.325 e. The number of rotatable bonds is 6. The van der Waals surface area contributed by atoms with E-state index in [1.54, 1.807) is 42.5 Å². The Hall–Kier alpha value is -2.43. The molecule has 1 aliphatic heterocycles. The number of carbonyl (C=O) groups is 1. The maximum absolute atomic E-state index is 12.3. The Kier molecular flexibility index (Phi) is 5.73. The van der Waals surface area contributed by atoms with Gasteiger partial charge in [-0.2, -0.15) is 4.72 Å². The van der Waals surface area contributed by atoms with Crippen molar-refractivity contribution in [3.8, 4) is 0 Å². The van der Waals surface area contributed by atoms with Crippen LogP contribution < -0.4 is 14.3 Å². The van der Waals surface area contributed by atoms with Crippen molar-refractivity contribution in [2.24, 2.45) is 0 Å². The summed E-state index contributed by atoms with van der Waals surface area (Å²) in [6, 6.07) is 13.2. The summed E-state index contributed by atoms with van der Waals surface area (Å²) in [5.41, 5.74) is 0.976. The predicted octanol–water partition coefficient (Wildman–Crippen LogP) is 1.53. The standard InChI is InChI=1S/C18H21N3O5S2/c1-14(20-28(25,26)17-6-3-2-4-7-17)18(22)19-15-8-10-16(11-9-15)21-12-5-13-27(21,23)24/h2-4,6-11,14,20H,5,12-13H2,1H3,(H,19,22)/t14-/m0/s1. The first kappa shape index (κ1) is 20.3. The zero-order chi connectivity index (χ0) is 20.4. The number of hydrogen-bond acceptors (Lipinski definition) is 5. The maximum atomic E-state index is 12.3. The van der Waals surface area contributed by atoms with Gasteiger partial charge in [0.15, 0.2) is 0 Å². The van der Waals surface area contributed by atoms with E-state index in [0.717, 1.165) is 0 Å². The number of anilines is 2. The minimum Gasteiger partial charge on any atom is -0.325 e. The third-order valence-corrected chi connectivity index (χ3v) is 7.73. The highest BCUT2D eigenvalue weighted by molar-refractivity contribution is 7.93. The van der Waals surface area contributed by atoms with Gasteiger partial charge in [0.05, 0.1) is 22.4 Å². The van der Waals surface area contributed by atoms with Gasteiger partial charge in [-0.25, -0.2) is 16.8 Å². The normalized spacial score (nSPS) is 17.2. The van der Waals surface area contributed by atoms with Gasteiger partial charge in [-0.1, -0.05) is 18.2 Å². The van der Waals surface area contributed by atoms with Crippen LogP contribution in [0.1, 0.15) is 13.3 Å². The molecule has 28 heavy (non-hydrogen) atoms. The van der Waals surface area contributed by atoms with Crippen LogP contribution in [0.2, 0.25) is 0 Å². The molecule has 0 unspecified atom stereocenters. The van der Waals surface area contributed by atoms with Crippen LogP contribution in [0.3, 0.4) is 0 Å². The predicted molar refractivity (Wildman–Crippen MR) is 107 cm³/mol. The van der Waals surface area contributed by atoms with Crippen LogP contribution in [0.5, 0.6) is 0 Å².